The van der Waals surface area contributed by atoms with Crippen LogP contribution in [0.2, 0.25) is 0 Å². The summed E-state index contributed by atoms with van der Waals surface area (Å²) in [5.74, 6) is -1.29. The molecule has 0 fully saturated rings. The van der Waals surface area contributed by atoms with Crippen molar-refractivity contribution in [3.63, 3.8) is 0 Å². The topological polar surface area (TPSA) is 42.2 Å². The van der Waals surface area contributed by atoms with Crippen LogP contribution in [-0.2, 0) is 4.79 Å². The molecule has 0 bridgehead atoms. The first-order chi connectivity index (χ1) is 7.09. The smallest absolute Gasteiger partial charge is 0.326 e. The molecule has 0 saturated carbocycles. The summed E-state index contributed by atoms with van der Waals surface area (Å²) in [4.78, 5) is 10.8. The predicted octanol–water partition coefficient (Wildman–Crippen LogP) is 2.43. The van der Waals surface area contributed by atoms with Gasteiger partial charge in [0.2, 0.25) is 0 Å². The molecular weight excluding hydrogens is 197 g/mol. The van der Waals surface area contributed by atoms with Gasteiger partial charge < -0.3 is 9.67 Å². The lowest BCUT2D eigenvalue weighted by Crippen LogP contribution is -2.14. The lowest BCUT2D eigenvalue weighted by molar-refractivity contribution is -0.140. The summed E-state index contributed by atoms with van der Waals surface area (Å²) >= 11 is 0. The van der Waals surface area contributed by atoms with Crippen molar-refractivity contribution in [2.45, 2.75) is 13.0 Å². The Hall–Kier alpha value is -1.84. The third kappa shape index (κ3) is 1.58. The molecule has 2 rings (SSSR count). The monoisotopic (exact) mass is 207 g/mol. The Labute approximate surface area is 85.7 Å². The number of fused-ring (bicyclic) bond motifs is 1. The number of benzene rings is 1. The third-order valence-corrected chi connectivity index (χ3v) is 2.46. The number of carboxylic acid groups (broad SMARTS) is 1. The Morgan fingerprint density at radius 3 is 2.87 bits per heavy atom. The zero-order chi connectivity index (χ0) is 11.0. The van der Waals surface area contributed by atoms with Gasteiger partial charge in [0, 0.05) is 6.20 Å². The van der Waals surface area contributed by atoms with Crippen LogP contribution in [0.1, 0.15) is 13.0 Å². The molecule has 1 N–H and O–H groups in total. The normalized spacial score (nSPS) is 12.9. The number of hydrogen-bond acceptors (Lipinski definition) is 1. The summed E-state index contributed by atoms with van der Waals surface area (Å²) < 4.78 is 14.5. The van der Waals surface area contributed by atoms with Gasteiger partial charge in [-0.05, 0) is 36.6 Å². The largest absolute Gasteiger partial charge is 0.480 e. The molecule has 0 spiro atoms. The number of carbonyl (C=O) groups is 1. The van der Waals surface area contributed by atoms with Crippen molar-refractivity contribution in [3.8, 4) is 0 Å². The minimum atomic E-state index is -0.934. The van der Waals surface area contributed by atoms with E-state index < -0.39 is 12.0 Å². The van der Waals surface area contributed by atoms with Gasteiger partial charge in [0.15, 0.2) is 0 Å². The van der Waals surface area contributed by atoms with Crippen LogP contribution >= 0.6 is 0 Å². The van der Waals surface area contributed by atoms with Gasteiger partial charge in [0.1, 0.15) is 11.9 Å². The molecule has 3 nitrogen and oxygen atoms in total. The van der Waals surface area contributed by atoms with E-state index in [0.717, 1.165) is 5.39 Å². The van der Waals surface area contributed by atoms with Gasteiger partial charge in [-0.2, -0.15) is 0 Å². The lowest BCUT2D eigenvalue weighted by atomic mass is 10.2. The number of halogens is 1. The quantitative estimate of drug-likeness (QED) is 0.821. The molecule has 78 valence electrons. The van der Waals surface area contributed by atoms with Crippen LogP contribution in [0.4, 0.5) is 4.39 Å². The van der Waals surface area contributed by atoms with Crippen LogP contribution in [-0.4, -0.2) is 15.6 Å². The third-order valence-electron chi connectivity index (χ3n) is 2.46. The van der Waals surface area contributed by atoms with E-state index in [2.05, 4.69) is 0 Å². The highest BCUT2D eigenvalue weighted by Crippen LogP contribution is 2.21. The van der Waals surface area contributed by atoms with Crippen LogP contribution < -0.4 is 0 Å². The van der Waals surface area contributed by atoms with Crippen molar-refractivity contribution in [3.05, 3.63) is 36.3 Å². The molecule has 0 amide bonds. The molecular formula is C11H10FNO2. The van der Waals surface area contributed by atoms with Gasteiger partial charge in [-0.3, -0.25) is 0 Å². The fraction of sp³-hybridized carbons (Fsp3) is 0.182. The molecule has 4 heteroatoms. The van der Waals surface area contributed by atoms with Crippen molar-refractivity contribution < 1.29 is 14.3 Å². The van der Waals surface area contributed by atoms with Gasteiger partial charge in [0.25, 0.3) is 0 Å². The summed E-state index contributed by atoms with van der Waals surface area (Å²) in [6, 6.07) is 5.42. The maximum atomic E-state index is 13.0. The van der Waals surface area contributed by atoms with Crippen LogP contribution in [0.5, 0.6) is 0 Å². The molecule has 1 atom stereocenters. The molecule has 0 radical (unpaired) electrons. The van der Waals surface area contributed by atoms with E-state index in [1.165, 1.54) is 12.1 Å². The molecule has 1 aromatic heterocycles. The minimum Gasteiger partial charge on any atom is -0.480 e. The maximum Gasteiger partial charge on any atom is 0.326 e. The lowest BCUT2D eigenvalue weighted by Gasteiger charge is -2.09. The summed E-state index contributed by atoms with van der Waals surface area (Å²) in [6.45, 7) is 1.56. The predicted molar refractivity (Wildman–Crippen MR) is 54.2 cm³/mol. The average Bonchev–Trinajstić information content (AvgIpc) is 2.59. The Bertz CT molecular complexity index is 518. The van der Waals surface area contributed by atoms with Gasteiger partial charge in [0.05, 0.1) is 5.52 Å². The zero-order valence-corrected chi connectivity index (χ0v) is 8.14. The van der Waals surface area contributed by atoms with Crippen LogP contribution in [0.25, 0.3) is 10.9 Å². The highest BCUT2D eigenvalue weighted by molar-refractivity contribution is 5.83. The highest BCUT2D eigenvalue weighted by Gasteiger charge is 2.14. The van der Waals surface area contributed by atoms with E-state index in [-0.39, 0.29) is 5.82 Å². The molecule has 1 aromatic carbocycles. The summed E-state index contributed by atoms with van der Waals surface area (Å²) in [7, 11) is 0. The van der Waals surface area contributed by atoms with Crippen molar-refractivity contribution in [1.82, 2.24) is 4.57 Å². The first-order valence-corrected chi connectivity index (χ1v) is 4.58. The summed E-state index contributed by atoms with van der Waals surface area (Å²) in [5, 5.41) is 9.71. The number of aliphatic carboxylic acids is 1. The van der Waals surface area contributed by atoms with E-state index in [0.29, 0.717) is 5.52 Å². The Balaban J connectivity index is 2.61. The molecule has 2 aromatic rings. The van der Waals surface area contributed by atoms with Crippen molar-refractivity contribution in [2.24, 2.45) is 0 Å². The standard InChI is InChI=1S/C11H10FNO2/c1-7(11(14)15)13-5-4-8-2-3-9(12)6-10(8)13/h2-7H,1H3,(H,14,15). The summed E-state index contributed by atoms with van der Waals surface area (Å²) in [5.41, 5.74) is 0.602. The Morgan fingerprint density at radius 2 is 2.20 bits per heavy atom. The molecule has 1 heterocycles. The molecule has 0 aliphatic heterocycles. The molecule has 1 unspecified atom stereocenters. The second-order valence-corrected chi connectivity index (χ2v) is 3.44. The Kier molecular flexibility index (Phi) is 2.19. The molecule has 0 saturated heterocycles. The second kappa shape index (κ2) is 3.38. The van der Waals surface area contributed by atoms with E-state index in [1.807, 2.05) is 0 Å². The number of nitrogens with zero attached hydrogens (tertiary/aromatic N) is 1. The van der Waals surface area contributed by atoms with E-state index >= 15 is 0 Å². The Morgan fingerprint density at radius 1 is 1.47 bits per heavy atom. The van der Waals surface area contributed by atoms with Crippen molar-refractivity contribution in [2.75, 3.05) is 0 Å². The van der Waals surface area contributed by atoms with Crippen molar-refractivity contribution in [1.29, 1.82) is 0 Å². The number of rotatable bonds is 2. The average molecular weight is 207 g/mol. The first kappa shape index (κ1) is 9.71. The van der Waals surface area contributed by atoms with Gasteiger partial charge in [-0.25, -0.2) is 9.18 Å². The fourth-order valence-electron chi connectivity index (χ4n) is 1.58. The van der Waals surface area contributed by atoms with Crippen LogP contribution in [0.3, 0.4) is 0 Å². The van der Waals surface area contributed by atoms with Gasteiger partial charge >= 0.3 is 5.97 Å². The van der Waals surface area contributed by atoms with E-state index in [4.69, 9.17) is 5.11 Å². The number of carboxylic acids is 1. The van der Waals surface area contributed by atoms with Crippen molar-refractivity contribution >= 4 is 16.9 Å². The highest BCUT2D eigenvalue weighted by atomic mass is 19.1. The van der Waals surface area contributed by atoms with Crippen LogP contribution in [0.15, 0.2) is 30.5 Å². The van der Waals surface area contributed by atoms with Gasteiger partial charge in [-0.15, -0.1) is 0 Å². The molecule has 0 aliphatic rings. The number of aromatic nitrogens is 1. The van der Waals surface area contributed by atoms with Gasteiger partial charge in [-0.1, -0.05) is 0 Å². The zero-order valence-electron chi connectivity index (χ0n) is 8.14. The number of hydrogen-bond donors (Lipinski definition) is 1. The van der Waals surface area contributed by atoms with E-state index in [1.54, 1.807) is 29.8 Å². The first-order valence-electron chi connectivity index (χ1n) is 4.58. The maximum absolute atomic E-state index is 13.0. The second-order valence-electron chi connectivity index (χ2n) is 3.44. The SMILES string of the molecule is CC(C(=O)O)n1ccc2ccc(F)cc21. The minimum absolute atomic E-state index is 0.361. The van der Waals surface area contributed by atoms with E-state index in [9.17, 15) is 9.18 Å². The molecule has 15 heavy (non-hydrogen) atoms. The van der Waals surface area contributed by atoms with Crippen LogP contribution in [0, 0.1) is 5.82 Å². The summed E-state index contributed by atoms with van der Waals surface area (Å²) in [6.07, 6.45) is 1.66. The fourth-order valence-corrected chi connectivity index (χ4v) is 1.58. The molecule has 0 aliphatic carbocycles.